The summed E-state index contributed by atoms with van der Waals surface area (Å²) in [5, 5.41) is 5.66. The number of fused-ring (bicyclic) bond motifs is 1. The van der Waals surface area contributed by atoms with Gasteiger partial charge in [-0.25, -0.2) is 0 Å². The number of carbonyl (C=O) groups excluding carboxylic acids is 1. The molecule has 2 aliphatic carbocycles. The van der Waals surface area contributed by atoms with E-state index in [1.807, 2.05) is 0 Å². The van der Waals surface area contributed by atoms with Crippen molar-refractivity contribution in [3.05, 3.63) is 23.4 Å². The van der Waals surface area contributed by atoms with E-state index in [4.69, 9.17) is 11.2 Å². The van der Waals surface area contributed by atoms with Gasteiger partial charge < -0.3 is 4.74 Å². The molecular formula is C15H18N2O2. The molecule has 2 atom stereocenters. The van der Waals surface area contributed by atoms with Crippen LogP contribution in [0.2, 0.25) is 0 Å². The number of nitrogens with zero attached hydrogens (tertiary/aromatic N) is 2. The van der Waals surface area contributed by atoms with E-state index in [0.29, 0.717) is 25.0 Å². The van der Waals surface area contributed by atoms with Crippen LogP contribution in [-0.2, 0) is 9.53 Å². The molecule has 0 bridgehead atoms. The van der Waals surface area contributed by atoms with Crippen LogP contribution in [0.3, 0.4) is 0 Å². The minimum atomic E-state index is -0.233. The first-order valence-electron chi connectivity index (χ1n) is 6.50. The molecule has 4 nitrogen and oxygen atoms in total. The third-order valence-electron chi connectivity index (χ3n) is 3.36. The van der Waals surface area contributed by atoms with Crippen LogP contribution < -0.4 is 0 Å². The molecule has 0 N–H and O–H groups in total. The van der Waals surface area contributed by atoms with Gasteiger partial charge in [0, 0.05) is 12.3 Å². The Hall–Kier alpha value is -2.02. The summed E-state index contributed by atoms with van der Waals surface area (Å²) >= 11 is 0. The van der Waals surface area contributed by atoms with E-state index < -0.39 is 0 Å². The first-order valence-corrected chi connectivity index (χ1v) is 6.50. The molecule has 19 heavy (non-hydrogen) atoms. The zero-order valence-electron chi connectivity index (χ0n) is 11.1. The smallest absolute Gasteiger partial charge is 0.307 e. The molecule has 100 valence electrons. The van der Waals surface area contributed by atoms with Gasteiger partial charge in [0.05, 0.1) is 25.3 Å². The predicted molar refractivity (Wildman–Crippen MR) is 74.1 cm³/mol. The van der Waals surface area contributed by atoms with Gasteiger partial charge in [-0.1, -0.05) is 18.1 Å². The number of carbonyl (C=O) groups is 1. The summed E-state index contributed by atoms with van der Waals surface area (Å²) < 4.78 is 4.90. The quantitative estimate of drug-likeness (QED) is 0.316. The van der Waals surface area contributed by atoms with Crippen molar-refractivity contribution >= 4 is 12.7 Å². The fraction of sp³-hybridized carbons (Fsp3) is 0.467. The Morgan fingerprint density at radius 1 is 1.63 bits per heavy atom. The van der Waals surface area contributed by atoms with Crippen molar-refractivity contribution in [3.8, 4) is 12.3 Å². The highest BCUT2D eigenvalue weighted by atomic mass is 16.5. The van der Waals surface area contributed by atoms with E-state index in [0.717, 1.165) is 17.7 Å². The molecule has 1 fully saturated rings. The van der Waals surface area contributed by atoms with E-state index in [9.17, 15) is 4.79 Å². The number of allylic oxidation sites excluding steroid dienone is 3. The standard InChI is InChI=1S/C15H18N2O2/c1-4-11-8-12-9-13(12)10-14(11)17(16-3)7-6-15(18)19-5-2/h1,8,10,12-13H,3,5-7,9H2,2H3. The maximum Gasteiger partial charge on any atom is 0.307 e. The number of hydrogen-bond donors (Lipinski definition) is 0. The average Bonchev–Trinajstić information content (AvgIpc) is 3.17. The predicted octanol–water partition coefficient (Wildman–Crippen LogP) is 1.95. The minimum absolute atomic E-state index is 0.233. The largest absolute Gasteiger partial charge is 0.466 e. The summed E-state index contributed by atoms with van der Waals surface area (Å²) in [6.07, 6.45) is 11.2. The molecule has 0 aromatic rings. The normalized spacial score (nSPS) is 23.4. The lowest BCUT2D eigenvalue weighted by Crippen LogP contribution is -2.23. The second-order valence-electron chi connectivity index (χ2n) is 4.66. The third kappa shape index (κ3) is 3.05. The Labute approximate surface area is 113 Å². The van der Waals surface area contributed by atoms with Crippen LogP contribution in [0.1, 0.15) is 19.8 Å². The number of hydrogen-bond acceptors (Lipinski definition) is 4. The second-order valence-corrected chi connectivity index (χ2v) is 4.66. The number of ether oxygens (including phenoxy) is 1. The molecule has 0 amide bonds. The van der Waals surface area contributed by atoms with E-state index in [1.165, 1.54) is 0 Å². The molecule has 0 saturated heterocycles. The second kappa shape index (κ2) is 5.75. The number of esters is 1. The molecule has 0 heterocycles. The van der Waals surface area contributed by atoms with Crippen LogP contribution >= 0.6 is 0 Å². The number of rotatable bonds is 6. The van der Waals surface area contributed by atoms with Crippen LogP contribution in [0.4, 0.5) is 0 Å². The highest BCUT2D eigenvalue weighted by molar-refractivity contribution is 5.69. The lowest BCUT2D eigenvalue weighted by Gasteiger charge is -2.23. The van der Waals surface area contributed by atoms with Crippen molar-refractivity contribution in [1.82, 2.24) is 5.01 Å². The molecule has 4 heteroatoms. The van der Waals surface area contributed by atoms with Gasteiger partial charge in [-0.15, -0.1) is 6.42 Å². The Bertz CT molecular complexity index is 485. The van der Waals surface area contributed by atoms with E-state index in [1.54, 1.807) is 11.9 Å². The summed E-state index contributed by atoms with van der Waals surface area (Å²) in [6.45, 7) is 6.17. The van der Waals surface area contributed by atoms with E-state index in [2.05, 4.69) is 29.9 Å². The van der Waals surface area contributed by atoms with Gasteiger partial charge in [-0.05, 0) is 25.2 Å². The molecular weight excluding hydrogens is 240 g/mol. The highest BCUT2D eigenvalue weighted by Gasteiger charge is 2.38. The van der Waals surface area contributed by atoms with Crippen LogP contribution in [0.15, 0.2) is 28.5 Å². The van der Waals surface area contributed by atoms with Crippen LogP contribution in [0, 0.1) is 24.2 Å². The fourth-order valence-electron chi connectivity index (χ4n) is 2.26. The minimum Gasteiger partial charge on any atom is -0.466 e. The summed E-state index contributed by atoms with van der Waals surface area (Å²) in [5.74, 6) is 3.61. The van der Waals surface area contributed by atoms with Gasteiger partial charge in [-0.2, -0.15) is 5.10 Å². The molecule has 2 unspecified atom stereocenters. The zero-order chi connectivity index (χ0) is 13.8. The Balaban J connectivity index is 2.01. The van der Waals surface area contributed by atoms with Crippen LogP contribution in [-0.4, -0.2) is 30.8 Å². The van der Waals surface area contributed by atoms with Crippen molar-refractivity contribution in [2.24, 2.45) is 16.9 Å². The average molecular weight is 258 g/mol. The molecule has 0 aromatic carbocycles. The molecule has 0 aromatic heterocycles. The Kier molecular flexibility index (Phi) is 4.06. The molecule has 2 rings (SSSR count). The van der Waals surface area contributed by atoms with Gasteiger partial charge in [-0.3, -0.25) is 9.80 Å². The van der Waals surface area contributed by atoms with Crippen molar-refractivity contribution in [2.75, 3.05) is 13.2 Å². The third-order valence-corrected chi connectivity index (χ3v) is 3.36. The lowest BCUT2D eigenvalue weighted by atomic mass is 10.0. The molecule has 1 saturated carbocycles. The maximum absolute atomic E-state index is 11.4. The van der Waals surface area contributed by atoms with Crippen molar-refractivity contribution < 1.29 is 9.53 Å². The van der Waals surface area contributed by atoms with E-state index in [-0.39, 0.29) is 12.4 Å². The molecule has 0 radical (unpaired) electrons. The number of terminal acetylenes is 1. The van der Waals surface area contributed by atoms with Crippen LogP contribution in [0.25, 0.3) is 0 Å². The molecule has 0 aliphatic heterocycles. The topological polar surface area (TPSA) is 41.9 Å². The van der Waals surface area contributed by atoms with Crippen molar-refractivity contribution in [1.29, 1.82) is 0 Å². The zero-order valence-corrected chi connectivity index (χ0v) is 11.1. The SMILES string of the molecule is C#CC1=CC2CC2C=C1N(CCC(=O)OCC)N=C. The lowest BCUT2D eigenvalue weighted by molar-refractivity contribution is -0.143. The van der Waals surface area contributed by atoms with Gasteiger partial charge in [0.15, 0.2) is 0 Å². The van der Waals surface area contributed by atoms with Gasteiger partial charge in [0.25, 0.3) is 0 Å². The van der Waals surface area contributed by atoms with Crippen molar-refractivity contribution in [3.63, 3.8) is 0 Å². The Morgan fingerprint density at radius 3 is 3.00 bits per heavy atom. The first kappa shape index (κ1) is 13.4. The first-order chi connectivity index (χ1) is 9.19. The molecule has 2 aliphatic rings. The van der Waals surface area contributed by atoms with Crippen molar-refractivity contribution in [2.45, 2.75) is 19.8 Å². The maximum atomic E-state index is 11.4. The number of hydrazone groups is 1. The van der Waals surface area contributed by atoms with Gasteiger partial charge in [0.2, 0.25) is 0 Å². The van der Waals surface area contributed by atoms with Gasteiger partial charge in [0.1, 0.15) is 0 Å². The van der Waals surface area contributed by atoms with Crippen LogP contribution in [0.5, 0.6) is 0 Å². The van der Waals surface area contributed by atoms with E-state index >= 15 is 0 Å². The highest BCUT2D eigenvalue weighted by Crippen LogP contribution is 2.46. The summed E-state index contributed by atoms with van der Waals surface area (Å²) in [6, 6.07) is 0. The summed E-state index contributed by atoms with van der Waals surface area (Å²) in [4.78, 5) is 11.4. The molecule has 0 spiro atoms. The monoisotopic (exact) mass is 258 g/mol. The fourth-order valence-corrected chi connectivity index (χ4v) is 2.26. The summed E-state index contributed by atoms with van der Waals surface area (Å²) in [5.41, 5.74) is 1.73. The van der Waals surface area contributed by atoms with Gasteiger partial charge >= 0.3 is 5.97 Å². The Morgan fingerprint density at radius 2 is 2.37 bits per heavy atom. The summed E-state index contributed by atoms with van der Waals surface area (Å²) in [7, 11) is 0.